The SMILES string of the molecule is COc1cc(/C=C2\SC(=S)N(Cc3ccc4c(c3)OCO4)C2=O)ccc1OCC(=O)N1CCOCC1. The zero-order chi connectivity index (χ0) is 25.1. The molecular formula is C25H24N2O7S2. The largest absolute Gasteiger partial charge is 0.493 e. The molecule has 2 fully saturated rings. The predicted octanol–water partition coefficient (Wildman–Crippen LogP) is 3.06. The summed E-state index contributed by atoms with van der Waals surface area (Å²) in [6.45, 7) is 2.63. The topological polar surface area (TPSA) is 86.8 Å². The van der Waals surface area contributed by atoms with Crippen molar-refractivity contribution in [3.05, 3.63) is 52.4 Å². The Balaban J connectivity index is 1.25. The summed E-state index contributed by atoms with van der Waals surface area (Å²) in [5, 5.41) is 0. The minimum atomic E-state index is -0.168. The number of morpholine rings is 1. The molecule has 188 valence electrons. The molecule has 0 radical (unpaired) electrons. The quantitative estimate of drug-likeness (QED) is 0.398. The summed E-state index contributed by atoms with van der Waals surface area (Å²) in [6, 6.07) is 10.9. The Bertz CT molecular complexity index is 1230. The van der Waals surface area contributed by atoms with Gasteiger partial charge in [0.1, 0.15) is 4.32 Å². The molecule has 2 saturated heterocycles. The minimum absolute atomic E-state index is 0.0891. The number of carbonyl (C=O) groups is 2. The molecule has 5 rings (SSSR count). The molecule has 3 aliphatic rings. The van der Waals surface area contributed by atoms with Crippen molar-refractivity contribution >= 4 is 46.2 Å². The third-order valence-electron chi connectivity index (χ3n) is 5.85. The van der Waals surface area contributed by atoms with Gasteiger partial charge in [-0.25, -0.2) is 0 Å². The van der Waals surface area contributed by atoms with Gasteiger partial charge in [0, 0.05) is 13.1 Å². The van der Waals surface area contributed by atoms with Gasteiger partial charge in [-0.1, -0.05) is 36.1 Å². The number of methoxy groups -OCH3 is 1. The van der Waals surface area contributed by atoms with Crippen molar-refractivity contribution in [2.24, 2.45) is 0 Å². The summed E-state index contributed by atoms with van der Waals surface area (Å²) in [5.74, 6) is 2.00. The third kappa shape index (κ3) is 5.28. The van der Waals surface area contributed by atoms with E-state index in [2.05, 4.69) is 0 Å². The van der Waals surface area contributed by atoms with Gasteiger partial charge >= 0.3 is 0 Å². The van der Waals surface area contributed by atoms with Gasteiger partial charge in [-0.15, -0.1) is 0 Å². The van der Waals surface area contributed by atoms with Gasteiger partial charge in [0.25, 0.3) is 11.8 Å². The van der Waals surface area contributed by atoms with E-state index in [9.17, 15) is 9.59 Å². The van der Waals surface area contributed by atoms with E-state index in [1.165, 1.54) is 18.9 Å². The molecule has 2 amide bonds. The number of rotatable bonds is 7. The number of thiocarbonyl (C=S) groups is 1. The first-order valence-corrected chi connectivity index (χ1v) is 12.5. The summed E-state index contributed by atoms with van der Waals surface area (Å²) in [6.07, 6.45) is 1.77. The van der Waals surface area contributed by atoms with Crippen LogP contribution in [0.2, 0.25) is 0 Å². The molecule has 0 bridgehead atoms. The summed E-state index contributed by atoms with van der Waals surface area (Å²) < 4.78 is 27.7. The van der Waals surface area contributed by atoms with E-state index in [1.807, 2.05) is 18.2 Å². The highest BCUT2D eigenvalue weighted by Crippen LogP contribution is 2.37. The highest BCUT2D eigenvalue weighted by molar-refractivity contribution is 8.26. The Morgan fingerprint density at radius 2 is 1.92 bits per heavy atom. The van der Waals surface area contributed by atoms with E-state index >= 15 is 0 Å². The van der Waals surface area contributed by atoms with E-state index in [1.54, 1.807) is 34.1 Å². The second-order valence-electron chi connectivity index (χ2n) is 8.15. The van der Waals surface area contributed by atoms with Gasteiger partial charge < -0.3 is 28.6 Å². The lowest BCUT2D eigenvalue weighted by Gasteiger charge is -2.26. The van der Waals surface area contributed by atoms with Crippen LogP contribution in [0.4, 0.5) is 0 Å². The van der Waals surface area contributed by atoms with Crippen LogP contribution in [0.15, 0.2) is 41.3 Å². The van der Waals surface area contributed by atoms with Crippen LogP contribution in [0.3, 0.4) is 0 Å². The fraction of sp³-hybridized carbons (Fsp3) is 0.320. The summed E-state index contributed by atoms with van der Waals surface area (Å²) in [4.78, 5) is 29.3. The number of hydrogen-bond acceptors (Lipinski definition) is 9. The van der Waals surface area contributed by atoms with Crippen LogP contribution < -0.4 is 18.9 Å². The second kappa shape index (κ2) is 10.8. The maximum atomic E-state index is 13.1. The molecule has 0 saturated carbocycles. The van der Waals surface area contributed by atoms with Gasteiger partial charge in [-0.3, -0.25) is 14.5 Å². The number of nitrogens with zero attached hydrogens (tertiary/aromatic N) is 2. The van der Waals surface area contributed by atoms with Gasteiger partial charge in [0.05, 0.1) is 31.8 Å². The van der Waals surface area contributed by atoms with Crippen molar-refractivity contribution in [1.82, 2.24) is 9.80 Å². The third-order valence-corrected chi connectivity index (χ3v) is 7.23. The fourth-order valence-electron chi connectivity index (χ4n) is 3.95. The lowest BCUT2D eigenvalue weighted by molar-refractivity contribution is -0.137. The first-order valence-electron chi connectivity index (χ1n) is 11.3. The van der Waals surface area contributed by atoms with Gasteiger partial charge in [-0.2, -0.15) is 0 Å². The van der Waals surface area contributed by atoms with Crippen molar-refractivity contribution in [3.8, 4) is 23.0 Å². The van der Waals surface area contributed by atoms with E-state index in [4.69, 9.17) is 35.9 Å². The molecular weight excluding hydrogens is 504 g/mol. The molecule has 11 heteroatoms. The maximum absolute atomic E-state index is 13.1. The molecule has 0 unspecified atom stereocenters. The number of amides is 2. The Labute approximate surface area is 217 Å². The molecule has 9 nitrogen and oxygen atoms in total. The first kappa shape index (κ1) is 24.4. The molecule has 0 N–H and O–H groups in total. The Morgan fingerprint density at radius 3 is 2.72 bits per heavy atom. The highest BCUT2D eigenvalue weighted by atomic mass is 32.2. The summed E-state index contributed by atoms with van der Waals surface area (Å²) in [7, 11) is 1.53. The van der Waals surface area contributed by atoms with Crippen molar-refractivity contribution in [3.63, 3.8) is 0 Å². The predicted molar refractivity (Wildman–Crippen MR) is 137 cm³/mol. The molecule has 0 aliphatic carbocycles. The zero-order valence-corrected chi connectivity index (χ0v) is 21.2. The van der Waals surface area contributed by atoms with E-state index in [0.29, 0.717) is 65.1 Å². The van der Waals surface area contributed by atoms with Crippen LogP contribution in [-0.2, 0) is 20.9 Å². The maximum Gasteiger partial charge on any atom is 0.266 e. The Hall–Kier alpha value is -3.28. The molecule has 0 spiro atoms. The van der Waals surface area contributed by atoms with Crippen molar-refractivity contribution in [1.29, 1.82) is 0 Å². The van der Waals surface area contributed by atoms with Crippen LogP contribution in [0.25, 0.3) is 6.08 Å². The molecule has 2 aromatic carbocycles. The average molecular weight is 529 g/mol. The number of carbonyl (C=O) groups excluding carboxylic acids is 2. The normalized spacial score (nSPS) is 18.2. The lowest BCUT2D eigenvalue weighted by Crippen LogP contribution is -2.43. The Kier molecular flexibility index (Phi) is 7.30. The molecule has 0 atom stereocenters. The fourth-order valence-corrected chi connectivity index (χ4v) is 5.20. The van der Waals surface area contributed by atoms with Gasteiger partial charge in [0.2, 0.25) is 6.79 Å². The first-order chi connectivity index (χ1) is 17.5. The number of thioether (sulfide) groups is 1. The smallest absolute Gasteiger partial charge is 0.266 e. The standard InChI is InChI=1S/C25H24N2O7S2/c1-30-20-10-16(2-4-18(20)32-14-23(28)26-6-8-31-9-7-26)12-22-24(29)27(25(35)36-22)13-17-3-5-19-21(11-17)34-15-33-19/h2-5,10-12H,6-9,13-15H2,1H3/b22-12-. The van der Waals surface area contributed by atoms with Crippen molar-refractivity contribution < 1.29 is 33.3 Å². The molecule has 0 aromatic heterocycles. The Morgan fingerprint density at radius 1 is 1.11 bits per heavy atom. The van der Waals surface area contributed by atoms with Crippen molar-refractivity contribution in [2.75, 3.05) is 46.8 Å². The van der Waals surface area contributed by atoms with Gasteiger partial charge in [-0.05, 0) is 41.5 Å². The monoisotopic (exact) mass is 528 g/mol. The van der Waals surface area contributed by atoms with Crippen LogP contribution in [-0.4, -0.2) is 72.7 Å². The zero-order valence-electron chi connectivity index (χ0n) is 19.6. The van der Waals surface area contributed by atoms with Crippen LogP contribution in [0.1, 0.15) is 11.1 Å². The summed E-state index contributed by atoms with van der Waals surface area (Å²) in [5.41, 5.74) is 1.65. The number of ether oxygens (including phenoxy) is 5. The number of benzene rings is 2. The molecule has 2 aromatic rings. The molecule has 3 heterocycles. The second-order valence-corrected chi connectivity index (χ2v) is 9.82. The van der Waals surface area contributed by atoms with Crippen LogP contribution in [0.5, 0.6) is 23.0 Å². The average Bonchev–Trinajstić information content (AvgIpc) is 3.47. The number of hydrogen-bond donors (Lipinski definition) is 0. The molecule has 3 aliphatic heterocycles. The summed E-state index contributed by atoms with van der Waals surface area (Å²) >= 11 is 6.72. The minimum Gasteiger partial charge on any atom is -0.493 e. The van der Waals surface area contributed by atoms with Gasteiger partial charge in [0.15, 0.2) is 29.6 Å². The highest BCUT2D eigenvalue weighted by Gasteiger charge is 2.32. The molecule has 36 heavy (non-hydrogen) atoms. The van der Waals surface area contributed by atoms with Crippen LogP contribution in [0, 0.1) is 0 Å². The van der Waals surface area contributed by atoms with Crippen LogP contribution >= 0.6 is 24.0 Å². The van der Waals surface area contributed by atoms with E-state index < -0.39 is 0 Å². The van der Waals surface area contributed by atoms with E-state index in [-0.39, 0.29) is 25.2 Å². The van der Waals surface area contributed by atoms with Crippen molar-refractivity contribution in [2.45, 2.75) is 6.54 Å². The lowest BCUT2D eigenvalue weighted by atomic mass is 10.1. The van der Waals surface area contributed by atoms with E-state index in [0.717, 1.165) is 11.1 Å². The number of fused-ring (bicyclic) bond motifs is 1.